The summed E-state index contributed by atoms with van der Waals surface area (Å²) in [5.74, 6) is 6.79. The zero-order valence-electron chi connectivity index (χ0n) is 12.0. The van der Waals surface area contributed by atoms with Crippen molar-refractivity contribution >= 4 is 11.3 Å². The van der Waals surface area contributed by atoms with Crippen molar-refractivity contribution in [2.24, 2.45) is 0 Å². The highest BCUT2D eigenvalue weighted by Crippen LogP contribution is 2.18. The van der Waals surface area contributed by atoms with Crippen molar-refractivity contribution in [2.45, 2.75) is 19.6 Å². The molecular formula is C17H18O3S. The summed E-state index contributed by atoms with van der Waals surface area (Å²) >= 11 is 1.62. The Morgan fingerprint density at radius 3 is 2.62 bits per heavy atom. The SMILES string of the molecule is COc1ccc(COCc2ccc(C#CCCO)s2)cc1. The van der Waals surface area contributed by atoms with Crippen LogP contribution in [0.15, 0.2) is 36.4 Å². The van der Waals surface area contributed by atoms with Gasteiger partial charge < -0.3 is 14.6 Å². The Bertz CT molecular complexity index is 605. The lowest BCUT2D eigenvalue weighted by Gasteiger charge is -2.04. The third-order valence-electron chi connectivity index (χ3n) is 2.78. The van der Waals surface area contributed by atoms with Crippen LogP contribution in [-0.2, 0) is 18.0 Å². The number of aliphatic hydroxyl groups is 1. The zero-order valence-corrected chi connectivity index (χ0v) is 12.8. The van der Waals surface area contributed by atoms with E-state index in [0.29, 0.717) is 19.6 Å². The van der Waals surface area contributed by atoms with E-state index in [2.05, 4.69) is 11.8 Å². The van der Waals surface area contributed by atoms with Crippen LogP contribution < -0.4 is 4.74 Å². The fourth-order valence-corrected chi connectivity index (χ4v) is 2.54. The predicted octanol–water partition coefficient (Wildman–Crippen LogP) is 3.21. The smallest absolute Gasteiger partial charge is 0.118 e. The van der Waals surface area contributed by atoms with Crippen molar-refractivity contribution in [3.05, 3.63) is 51.7 Å². The van der Waals surface area contributed by atoms with Gasteiger partial charge in [0.2, 0.25) is 0 Å². The lowest BCUT2D eigenvalue weighted by molar-refractivity contribution is 0.109. The van der Waals surface area contributed by atoms with Crippen molar-refractivity contribution in [2.75, 3.05) is 13.7 Å². The minimum absolute atomic E-state index is 0.107. The molecule has 2 aromatic rings. The molecule has 1 aromatic carbocycles. The van der Waals surface area contributed by atoms with E-state index in [1.807, 2.05) is 36.4 Å². The number of rotatable bonds is 6. The minimum Gasteiger partial charge on any atom is -0.497 e. The summed E-state index contributed by atoms with van der Waals surface area (Å²) in [6, 6.07) is 11.9. The summed E-state index contributed by atoms with van der Waals surface area (Å²) in [4.78, 5) is 2.16. The topological polar surface area (TPSA) is 38.7 Å². The van der Waals surface area contributed by atoms with Crippen LogP contribution in [-0.4, -0.2) is 18.8 Å². The third-order valence-corrected chi connectivity index (χ3v) is 3.76. The van der Waals surface area contributed by atoms with E-state index in [0.717, 1.165) is 21.1 Å². The van der Waals surface area contributed by atoms with Gasteiger partial charge in [-0.05, 0) is 29.8 Å². The van der Waals surface area contributed by atoms with Gasteiger partial charge in [-0.2, -0.15) is 0 Å². The molecular weight excluding hydrogens is 284 g/mol. The Balaban J connectivity index is 1.79. The Morgan fingerprint density at radius 2 is 1.90 bits per heavy atom. The molecule has 3 nitrogen and oxygen atoms in total. The van der Waals surface area contributed by atoms with Gasteiger partial charge in [0.1, 0.15) is 5.75 Å². The number of methoxy groups -OCH3 is 1. The maximum Gasteiger partial charge on any atom is 0.118 e. The summed E-state index contributed by atoms with van der Waals surface area (Å²) < 4.78 is 10.8. The second kappa shape index (κ2) is 8.48. The van der Waals surface area contributed by atoms with Crippen molar-refractivity contribution in [1.29, 1.82) is 0 Å². The van der Waals surface area contributed by atoms with Gasteiger partial charge in [0, 0.05) is 11.3 Å². The summed E-state index contributed by atoms with van der Waals surface area (Å²) in [6.45, 7) is 1.27. The van der Waals surface area contributed by atoms with Gasteiger partial charge in [-0.25, -0.2) is 0 Å². The number of thiophene rings is 1. The van der Waals surface area contributed by atoms with Crippen LogP contribution >= 0.6 is 11.3 Å². The quantitative estimate of drug-likeness (QED) is 0.833. The molecule has 0 saturated heterocycles. The molecule has 0 unspecified atom stereocenters. The summed E-state index contributed by atoms with van der Waals surface area (Å²) in [6.07, 6.45) is 0.515. The second-order valence-electron chi connectivity index (χ2n) is 4.38. The lowest BCUT2D eigenvalue weighted by atomic mass is 10.2. The molecule has 0 radical (unpaired) electrons. The molecule has 1 aromatic heterocycles. The van der Waals surface area contributed by atoms with Crippen molar-refractivity contribution in [1.82, 2.24) is 0 Å². The number of hydrogen-bond acceptors (Lipinski definition) is 4. The van der Waals surface area contributed by atoms with Crippen molar-refractivity contribution in [3.8, 4) is 17.6 Å². The average molecular weight is 302 g/mol. The zero-order chi connectivity index (χ0) is 14.9. The Labute approximate surface area is 129 Å². The molecule has 0 fully saturated rings. The first-order valence-electron chi connectivity index (χ1n) is 6.71. The summed E-state index contributed by atoms with van der Waals surface area (Å²) in [7, 11) is 1.66. The summed E-state index contributed by atoms with van der Waals surface area (Å²) in [5, 5.41) is 8.68. The van der Waals surface area contributed by atoms with Crippen LogP contribution in [0.1, 0.15) is 21.7 Å². The fraction of sp³-hybridized carbons (Fsp3) is 0.294. The fourth-order valence-electron chi connectivity index (χ4n) is 1.72. The van der Waals surface area contributed by atoms with Crippen LogP contribution in [0.5, 0.6) is 5.75 Å². The van der Waals surface area contributed by atoms with Gasteiger partial charge in [0.05, 0.1) is 31.8 Å². The monoisotopic (exact) mass is 302 g/mol. The number of hydrogen-bond donors (Lipinski definition) is 1. The normalized spacial score (nSPS) is 10.0. The Morgan fingerprint density at radius 1 is 1.10 bits per heavy atom. The molecule has 0 spiro atoms. The van der Waals surface area contributed by atoms with E-state index in [9.17, 15) is 0 Å². The summed E-state index contributed by atoms with van der Waals surface area (Å²) in [5.41, 5.74) is 1.12. The molecule has 1 heterocycles. The highest BCUT2D eigenvalue weighted by Gasteiger charge is 1.99. The number of aliphatic hydroxyl groups excluding tert-OH is 1. The molecule has 2 rings (SSSR count). The maximum absolute atomic E-state index is 8.68. The molecule has 0 aliphatic rings. The largest absolute Gasteiger partial charge is 0.497 e. The highest BCUT2D eigenvalue weighted by molar-refractivity contribution is 7.12. The Kier molecular flexibility index (Phi) is 6.29. The first kappa shape index (κ1) is 15.6. The van der Waals surface area contributed by atoms with E-state index in [1.165, 1.54) is 0 Å². The number of ether oxygens (including phenoxy) is 2. The standard InChI is InChI=1S/C17H18O3S/c1-19-15-7-5-14(6-8-15)12-20-13-17-10-9-16(21-17)4-2-3-11-18/h5-10,18H,3,11-13H2,1H3. The molecule has 0 atom stereocenters. The van der Waals surface area contributed by atoms with E-state index in [4.69, 9.17) is 14.6 Å². The van der Waals surface area contributed by atoms with E-state index < -0.39 is 0 Å². The molecule has 4 heteroatoms. The van der Waals surface area contributed by atoms with Crippen molar-refractivity contribution in [3.63, 3.8) is 0 Å². The van der Waals surface area contributed by atoms with E-state index >= 15 is 0 Å². The molecule has 0 saturated carbocycles. The molecule has 21 heavy (non-hydrogen) atoms. The van der Waals surface area contributed by atoms with Crippen LogP contribution in [0.3, 0.4) is 0 Å². The van der Waals surface area contributed by atoms with Crippen LogP contribution in [0.4, 0.5) is 0 Å². The molecule has 1 N–H and O–H groups in total. The maximum atomic E-state index is 8.68. The first-order chi connectivity index (χ1) is 10.3. The van der Waals surface area contributed by atoms with Crippen LogP contribution in [0.25, 0.3) is 0 Å². The van der Waals surface area contributed by atoms with E-state index in [1.54, 1.807) is 18.4 Å². The van der Waals surface area contributed by atoms with Crippen molar-refractivity contribution < 1.29 is 14.6 Å². The minimum atomic E-state index is 0.107. The van der Waals surface area contributed by atoms with Gasteiger partial charge in [0.15, 0.2) is 0 Å². The Hall–Kier alpha value is -1.80. The van der Waals surface area contributed by atoms with Gasteiger partial charge in [0.25, 0.3) is 0 Å². The predicted molar refractivity (Wildman–Crippen MR) is 84.4 cm³/mol. The van der Waals surface area contributed by atoms with Crippen LogP contribution in [0, 0.1) is 11.8 Å². The van der Waals surface area contributed by atoms with Gasteiger partial charge in [-0.15, -0.1) is 11.3 Å². The molecule has 110 valence electrons. The highest BCUT2D eigenvalue weighted by atomic mass is 32.1. The molecule has 0 bridgehead atoms. The van der Waals surface area contributed by atoms with Gasteiger partial charge >= 0.3 is 0 Å². The molecule has 0 aliphatic carbocycles. The number of benzene rings is 1. The first-order valence-corrected chi connectivity index (χ1v) is 7.52. The van der Waals surface area contributed by atoms with Gasteiger partial charge in [-0.3, -0.25) is 0 Å². The second-order valence-corrected chi connectivity index (χ2v) is 5.55. The molecule has 0 amide bonds. The average Bonchev–Trinajstić information content (AvgIpc) is 2.96. The third kappa shape index (κ3) is 5.24. The lowest BCUT2D eigenvalue weighted by Crippen LogP contribution is -1.92. The van der Waals surface area contributed by atoms with Crippen LogP contribution in [0.2, 0.25) is 0 Å². The van der Waals surface area contributed by atoms with Gasteiger partial charge in [-0.1, -0.05) is 24.0 Å². The van der Waals surface area contributed by atoms with E-state index in [-0.39, 0.29) is 6.61 Å². The molecule has 0 aliphatic heterocycles.